The lowest BCUT2D eigenvalue weighted by atomic mass is 10.3. The first kappa shape index (κ1) is 18.3. The number of amides is 1. The molecule has 3 aromatic rings. The number of benzene rings is 1. The van der Waals surface area contributed by atoms with Gasteiger partial charge < -0.3 is 9.32 Å². The lowest BCUT2D eigenvalue weighted by Gasteiger charge is -2.20. The molecule has 0 unspecified atom stereocenters. The van der Waals surface area contributed by atoms with Gasteiger partial charge in [-0.3, -0.25) is 4.79 Å². The van der Waals surface area contributed by atoms with Crippen molar-refractivity contribution in [2.75, 3.05) is 17.2 Å². The van der Waals surface area contributed by atoms with Gasteiger partial charge >= 0.3 is 0 Å². The molecule has 0 aliphatic rings. The average Bonchev–Trinajstić information content (AvgIpc) is 3.24. The van der Waals surface area contributed by atoms with Gasteiger partial charge in [-0.15, -0.1) is 28.1 Å². The number of hydrogen-bond donors (Lipinski definition) is 0. The van der Waals surface area contributed by atoms with E-state index in [1.807, 2.05) is 44.2 Å². The number of anilines is 1. The van der Waals surface area contributed by atoms with Crippen LogP contribution in [-0.4, -0.2) is 33.4 Å². The van der Waals surface area contributed by atoms with Crippen LogP contribution in [0.4, 0.5) is 5.69 Å². The van der Waals surface area contributed by atoms with Crippen LogP contribution in [0.5, 0.6) is 0 Å². The van der Waals surface area contributed by atoms with Crippen LogP contribution in [0.2, 0.25) is 0 Å². The van der Waals surface area contributed by atoms with Gasteiger partial charge in [0.1, 0.15) is 4.88 Å². The number of thioether (sulfide) groups is 1. The Kier molecular flexibility index (Phi) is 5.85. The number of nitrogens with zero attached hydrogens (tertiary/aromatic N) is 4. The predicted octanol–water partition coefficient (Wildman–Crippen LogP) is 4.12. The fourth-order valence-corrected chi connectivity index (χ4v) is 3.86. The average molecular weight is 387 g/mol. The topological polar surface area (TPSA) is 72.1 Å². The number of hydrogen-bond acceptors (Lipinski definition) is 7. The number of thiazole rings is 1. The highest BCUT2D eigenvalue weighted by molar-refractivity contribution is 7.99. The van der Waals surface area contributed by atoms with E-state index in [-0.39, 0.29) is 11.7 Å². The summed E-state index contributed by atoms with van der Waals surface area (Å²) in [7, 11) is 0. The molecular formula is C18H18N4O2S2. The van der Waals surface area contributed by atoms with Crippen LogP contribution in [0.25, 0.3) is 10.8 Å². The van der Waals surface area contributed by atoms with Gasteiger partial charge in [0, 0.05) is 12.2 Å². The lowest BCUT2D eigenvalue weighted by molar-refractivity contribution is -0.116. The van der Waals surface area contributed by atoms with Crippen molar-refractivity contribution in [1.29, 1.82) is 0 Å². The van der Waals surface area contributed by atoms with Crippen LogP contribution in [0.3, 0.4) is 0 Å². The van der Waals surface area contributed by atoms with Gasteiger partial charge in [0.25, 0.3) is 11.1 Å². The molecular weight excluding hydrogens is 368 g/mol. The molecule has 26 heavy (non-hydrogen) atoms. The van der Waals surface area contributed by atoms with Gasteiger partial charge in [0.05, 0.1) is 16.5 Å². The molecule has 0 atom stereocenters. The molecule has 0 spiro atoms. The minimum absolute atomic E-state index is 0.0503. The third-order valence-corrected chi connectivity index (χ3v) is 5.37. The zero-order valence-corrected chi connectivity index (χ0v) is 16.1. The first-order valence-electron chi connectivity index (χ1n) is 7.95. The van der Waals surface area contributed by atoms with Gasteiger partial charge in [0.2, 0.25) is 5.91 Å². The Morgan fingerprint density at radius 2 is 2.08 bits per heavy atom. The number of aromatic nitrogens is 3. The van der Waals surface area contributed by atoms with Gasteiger partial charge in [-0.1, -0.05) is 36.0 Å². The molecule has 1 aromatic carbocycles. The second-order valence-corrected chi connectivity index (χ2v) is 7.57. The van der Waals surface area contributed by atoms with E-state index in [1.165, 1.54) is 23.1 Å². The maximum Gasteiger partial charge on any atom is 0.277 e. The zero-order valence-electron chi connectivity index (χ0n) is 14.5. The molecule has 2 aromatic heterocycles. The van der Waals surface area contributed by atoms with Crippen LogP contribution >= 0.6 is 23.1 Å². The predicted molar refractivity (Wildman–Crippen MR) is 105 cm³/mol. The Morgan fingerprint density at radius 1 is 1.31 bits per heavy atom. The summed E-state index contributed by atoms with van der Waals surface area (Å²) in [5, 5.41) is 9.41. The van der Waals surface area contributed by atoms with Gasteiger partial charge in [0.15, 0.2) is 0 Å². The molecule has 3 rings (SSSR count). The van der Waals surface area contributed by atoms with Crippen LogP contribution < -0.4 is 4.90 Å². The van der Waals surface area contributed by atoms with Crippen molar-refractivity contribution in [3.8, 4) is 10.8 Å². The van der Waals surface area contributed by atoms with Crippen molar-refractivity contribution in [2.24, 2.45) is 0 Å². The third-order valence-electron chi connectivity index (χ3n) is 3.50. The highest BCUT2D eigenvalue weighted by Gasteiger charge is 2.18. The van der Waals surface area contributed by atoms with E-state index in [4.69, 9.17) is 4.42 Å². The number of carbonyl (C=O) groups is 1. The first-order valence-corrected chi connectivity index (χ1v) is 9.75. The minimum Gasteiger partial charge on any atom is -0.410 e. The summed E-state index contributed by atoms with van der Waals surface area (Å²) >= 11 is 2.74. The van der Waals surface area contributed by atoms with Crippen LogP contribution in [0.15, 0.2) is 52.6 Å². The monoisotopic (exact) mass is 386 g/mol. The standard InChI is InChI=1S/C18H18N4O2S2/c1-4-10-22(14-8-6-5-7-9-14)15(23)11-25-18-21-20-17(24-18)16-12(2)19-13(3)26-16/h4-9H,1,10-11H2,2-3H3. The van der Waals surface area contributed by atoms with E-state index in [1.54, 1.807) is 11.0 Å². The summed E-state index contributed by atoms with van der Waals surface area (Å²) in [5.41, 5.74) is 1.70. The van der Waals surface area contributed by atoms with E-state index < -0.39 is 0 Å². The van der Waals surface area contributed by atoms with Gasteiger partial charge in [-0.2, -0.15) is 0 Å². The van der Waals surface area contributed by atoms with E-state index in [2.05, 4.69) is 21.8 Å². The summed E-state index contributed by atoms with van der Waals surface area (Å²) in [6, 6.07) is 9.50. The van der Waals surface area contributed by atoms with Crippen LogP contribution in [0.1, 0.15) is 10.7 Å². The molecule has 0 saturated heterocycles. The highest BCUT2D eigenvalue weighted by atomic mass is 32.2. The zero-order chi connectivity index (χ0) is 18.5. The van der Waals surface area contributed by atoms with E-state index in [9.17, 15) is 4.79 Å². The Labute approximate surface area is 160 Å². The molecule has 1 amide bonds. The minimum atomic E-state index is -0.0503. The maximum atomic E-state index is 12.6. The van der Waals surface area contributed by atoms with E-state index in [0.717, 1.165) is 21.3 Å². The Balaban J connectivity index is 1.67. The molecule has 134 valence electrons. The summed E-state index contributed by atoms with van der Waals surface area (Å²) in [5.74, 6) is 0.588. The lowest BCUT2D eigenvalue weighted by Crippen LogP contribution is -2.32. The Bertz CT molecular complexity index is 905. The molecule has 0 saturated carbocycles. The number of carbonyl (C=O) groups excluding carboxylic acids is 1. The van der Waals surface area contributed by atoms with Crippen LogP contribution in [0, 0.1) is 13.8 Å². The van der Waals surface area contributed by atoms with Crippen molar-refractivity contribution in [2.45, 2.75) is 19.1 Å². The molecule has 6 nitrogen and oxygen atoms in total. The molecule has 0 N–H and O–H groups in total. The molecule has 0 aliphatic carbocycles. The maximum absolute atomic E-state index is 12.6. The van der Waals surface area contributed by atoms with Gasteiger partial charge in [-0.25, -0.2) is 4.98 Å². The summed E-state index contributed by atoms with van der Waals surface area (Å²) < 4.78 is 5.68. The summed E-state index contributed by atoms with van der Waals surface area (Å²) in [6.07, 6.45) is 1.70. The summed E-state index contributed by atoms with van der Waals surface area (Å²) in [4.78, 5) is 19.5. The number of para-hydroxylation sites is 1. The molecule has 0 aliphatic heterocycles. The van der Waals surface area contributed by atoms with E-state index in [0.29, 0.717) is 17.7 Å². The van der Waals surface area contributed by atoms with Crippen molar-refractivity contribution < 1.29 is 9.21 Å². The van der Waals surface area contributed by atoms with Crippen molar-refractivity contribution in [3.63, 3.8) is 0 Å². The quantitative estimate of drug-likeness (QED) is 0.449. The second-order valence-electron chi connectivity index (χ2n) is 5.44. The van der Waals surface area contributed by atoms with Crippen molar-refractivity contribution in [3.05, 3.63) is 53.7 Å². The van der Waals surface area contributed by atoms with Crippen LogP contribution in [-0.2, 0) is 4.79 Å². The van der Waals surface area contributed by atoms with Crippen molar-refractivity contribution in [1.82, 2.24) is 15.2 Å². The molecule has 0 fully saturated rings. The Morgan fingerprint density at radius 3 is 2.73 bits per heavy atom. The third kappa shape index (κ3) is 4.20. The Hall–Kier alpha value is -2.45. The number of rotatable bonds is 7. The second kappa shape index (κ2) is 8.29. The number of aryl methyl sites for hydroxylation is 2. The first-order chi connectivity index (χ1) is 12.6. The van der Waals surface area contributed by atoms with Crippen molar-refractivity contribution >= 4 is 34.7 Å². The summed E-state index contributed by atoms with van der Waals surface area (Å²) in [6.45, 7) is 8.01. The normalized spacial score (nSPS) is 10.7. The molecule has 0 bridgehead atoms. The molecule has 8 heteroatoms. The molecule has 0 radical (unpaired) electrons. The SMILES string of the molecule is C=CCN(C(=O)CSc1nnc(-c2sc(C)nc2C)o1)c1ccccc1. The largest absolute Gasteiger partial charge is 0.410 e. The fraction of sp³-hybridized carbons (Fsp3) is 0.222. The smallest absolute Gasteiger partial charge is 0.277 e. The molecule has 2 heterocycles. The van der Waals surface area contributed by atoms with E-state index >= 15 is 0 Å². The fourth-order valence-electron chi connectivity index (χ4n) is 2.38. The highest BCUT2D eigenvalue weighted by Crippen LogP contribution is 2.30. The van der Waals surface area contributed by atoms with Gasteiger partial charge in [-0.05, 0) is 26.0 Å².